The van der Waals surface area contributed by atoms with E-state index in [9.17, 15) is 14.4 Å². The van der Waals surface area contributed by atoms with Gasteiger partial charge in [-0.3, -0.25) is 15.1 Å². The van der Waals surface area contributed by atoms with E-state index in [2.05, 4.69) is 38.8 Å². The van der Waals surface area contributed by atoms with Gasteiger partial charge in [0.2, 0.25) is 5.91 Å². The highest BCUT2D eigenvalue weighted by molar-refractivity contribution is 5.99. The van der Waals surface area contributed by atoms with E-state index in [4.69, 9.17) is 4.74 Å². The second-order valence-corrected chi connectivity index (χ2v) is 9.08. The summed E-state index contributed by atoms with van der Waals surface area (Å²) >= 11 is 0. The summed E-state index contributed by atoms with van der Waals surface area (Å²) in [6.07, 6.45) is 4.08. The smallest absolute Gasteiger partial charge is 0.411 e. The fraction of sp³-hybridized carbons (Fsp3) is 0.333. The molecular weight excluding hydrogens is 460 g/mol. The largest absolute Gasteiger partial charge is 0.453 e. The molecule has 0 spiro atoms. The summed E-state index contributed by atoms with van der Waals surface area (Å²) in [6.45, 7) is 14.5. The Bertz CT molecular complexity index is 1120. The van der Waals surface area contributed by atoms with E-state index in [1.807, 2.05) is 6.07 Å². The minimum absolute atomic E-state index is 0.258. The molecule has 3 amide bonds. The first-order valence-corrected chi connectivity index (χ1v) is 11.5. The molecule has 2 rings (SSSR count). The first-order valence-electron chi connectivity index (χ1n) is 11.5. The number of ether oxygens (including phenoxy) is 2. The van der Waals surface area contributed by atoms with Crippen LogP contribution in [0.25, 0.3) is 11.1 Å². The van der Waals surface area contributed by atoms with Gasteiger partial charge in [0.05, 0.1) is 30.5 Å². The molecule has 0 fully saturated rings. The summed E-state index contributed by atoms with van der Waals surface area (Å²) in [4.78, 5) is 41.2. The van der Waals surface area contributed by atoms with Gasteiger partial charge in [-0.25, -0.2) is 9.59 Å². The molecule has 0 aliphatic heterocycles. The highest BCUT2D eigenvalue weighted by atomic mass is 16.6. The van der Waals surface area contributed by atoms with Crippen LogP contribution < -0.4 is 16.0 Å². The minimum atomic E-state index is -0.645. The van der Waals surface area contributed by atoms with E-state index in [-0.39, 0.29) is 5.91 Å². The Morgan fingerprint density at radius 3 is 2.42 bits per heavy atom. The molecule has 0 aliphatic carbocycles. The Kier molecular flexibility index (Phi) is 9.78. The normalized spacial score (nSPS) is 12.5. The third-order valence-corrected chi connectivity index (χ3v) is 5.02. The summed E-state index contributed by atoms with van der Waals surface area (Å²) in [6, 6.07) is 8.23. The quantitative estimate of drug-likeness (QED) is 0.378. The zero-order valence-electron chi connectivity index (χ0n) is 21.4. The van der Waals surface area contributed by atoms with Crippen LogP contribution in [0.5, 0.6) is 0 Å². The molecule has 0 aliphatic rings. The van der Waals surface area contributed by atoms with Gasteiger partial charge in [-0.2, -0.15) is 0 Å². The first-order chi connectivity index (χ1) is 17.0. The zero-order chi connectivity index (χ0) is 26.9. The molecule has 0 saturated carbocycles. The molecular formula is C27H34N4O5. The number of benzene rings is 1. The zero-order valence-corrected chi connectivity index (χ0v) is 21.4. The molecule has 36 heavy (non-hydrogen) atoms. The second kappa shape index (κ2) is 12.5. The molecule has 9 nitrogen and oxygen atoms in total. The SMILES string of the molecule is C=CC[C@H](NC(=O)OC(C)(C)C)c1cc(-c2ccc(NC(=O)OC)cc2NC(=O)C(C)C=C)ccn1. The summed E-state index contributed by atoms with van der Waals surface area (Å²) in [5.74, 6) is -0.690. The first kappa shape index (κ1) is 28.1. The number of alkyl carbamates (subject to hydrolysis) is 1. The van der Waals surface area contributed by atoms with Crippen LogP contribution in [-0.2, 0) is 14.3 Å². The average molecular weight is 495 g/mol. The van der Waals surface area contributed by atoms with Gasteiger partial charge >= 0.3 is 12.2 Å². The fourth-order valence-electron chi connectivity index (χ4n) is 3.18. The van der Waals surface area contributed by atoms with Crippen molar-refractivity contribution in [3.63, 3.8) is 0 Å². The van der Waals surface area contributed by atoms with Crippen molar-refractivity contribution in [2.75, 3.05) is 17.7 Å². The number of nitrogens with zero attached hydrogens (tertiary/aromatic N) is 1. The van der Waals surface area contributed by atoms with Crippen LogP contribution in [-0.4, -0.2) is 35.8 Å². The van der Waals surface area contributed by atoms with Crippen molar-refractivity contribution in [1.29, 1.82) is 0 Å². The molecule has 1 aromatic carbocycles. The summed E-state index contributed by atoms with van der Waals surface area (Å²) in [7, 11) is 1.27. The number of carbonyl (C=O) groups excluding carboxylic acids is 3. The number of rotatable bonds is 9. The Hall–Kier alpha value is -4.14. The van der Waals surface area contributed by atoms with Gasteiger partial charge in [0.25, 0.3) is 0 Å². The molecule has 0 saturated heterocycles. The van der Waals surface area contributed by atoms with Crippen LogP contribution in [0.15, 0.2) is 61.8 Å². The highest BCUT2D eigenvalue weighted by Gasteiger charge is 2.22. The van der Waals surface area contributed by atoms with E-state index in [0.29, 0.717) is 29.1 Å². The van der Waals surface area contributed by atoms with Crippen LogP contribution in [0, 0.1) is 5.92 Å². The lowest BCUT2D eigenvalue weighted by Crippen LogP contribution is -2.35. The topological polar surface area (TPSA) is 119 Å². The van der Waals surface area contributed by atoms with Gasteiger partial charge in [0.15, 0.2) is 0 Å². The van der Waals surface area contributed by atoms with Crippen molar-refractivity contribution in [3.05, 3.63) is 67.5 Å². The lowest BCUT2D eigenvalue weighted by molar-refractivity contribution is -0.118. The average Bonchev–Trinajstić information content (AvgIpc) is 2.82. The molecule has 9 heteroatoms. The molecule has 0 bridgehead atoms. The lowest BCUT2D eigenvalue weighted by atomic mass is 10.00. The molecule has 0 radical (unpaired) electrons. The fourth-order valence-corrected chi connectivity index (χ4v) is 3.18. The molecule has 2 atom stereocenters. The summed E-state index contributed by atoms with van der Waals surface area (Å²) in [5.41, 5.74) is 2.29. The molecule has 192 valence electrons. The summed E-state index contributed by atoms with van der Waals surface area (Å²) < 4.78 is 10.0. The molecule has 2 aromatic rings. The van der Waals surface area contributed by atoms with Crippen molar-refractivity contribution >= 4 is 29.5 Å². The van der Waals surface area contributed by atoms with Crippen LogP contribution in [0.2, 0.25) is 0 Å². The lowest BCUT2D eigenvalue weighted by Gasteiger charge is -2.23. The van der Waals surface area contributed by atoms with E-state index in [1.54, 1.807) is 64.2 Å². The van der Waals surface area contributed by atoms with Gasteiger partial charge in [-0.1, -0.05) is 25.1 Å². The predicted octanol–water partition coefficient (Wildman–Crippen LogP) is 5.83. The van der Waals surface area contributed by atoms with Crippen molar-refractivity contribution in [2.45, 2.75) is 45.8 Å². The molecule has 1 unspecified atom stereocenters. The van der Waals surface area contributed by atoms with Gasteiger partial charge in [-0.05, 0) is 57.0 Å². The second-order valence-electron chi connectivity index (χ2n) is 9.08. The van der Waals surface area contributed by atoms with E-state index >= 15 is 0 Å². The van der Waals surface area contributed by atoms with Crippen LogP contribution in [0.3, 0.4) is 0 Å². The maximum atomic E-state index is 12.6. The standard InChI is InChI=1S/C27H34N4O5/c1-8-10-21(31-26(34)36-27(4,5)6)23-15-18(13-14-28-23)20-12-11-19(29-25(33)35-7)16-22(20)30-24(32)17(3)9-2/h8-9,11-17,21H,1-2,10H2,3-7H3,(H,29,33)(H,30,32)(H,31,34)/t17?,21-/m0/s1. The number of nitrogens with one attached hydrogen (secondary N) is 3. The maximum Gasteiger partial charge on any atom is 0.411 e. The third kappa shape index (κ3) is 8.26. The van der Waals surface area contributed by atoms with Crippen LogP contribution in [0.4, 0.5) is 21.0 Å². The van der Waals surface area contributed by atoms with E-state index in [0.717, 1.165) is 5.56 Å². The maximum absolute atomic E-state index is 12.6. The van der Waals surface area contributed by atoms with Gasteiger partial charge in [0.1, 0.15) is 5.60 Å². The minimum Gasteiger partial charge on any atom is -0.453 e. The Balaban J connectivity index is 2.47. The van der Waals surface area contributed by atoms with Crippen LogP contribution in [0.1, 0.15) is 45.9 Å². The number of amides is 3. The van der Waals surface area contributed by atoms with Crippen molar-refractivity contribution in [1.82, 2.24) is 10.3 Å². The third-order valence-electron chi connectivity index (χ3n) is 5.02. The van der Waals surface area contributed by atoms with E-state index in [1.165, 1.54) is 13.2 Å². The predicted molar refractivity (Wildman–Crippen MR) is 141 cm³/mol. The van der Waals surface area contributed by atoms with Crippen molar-refractivity contribution < 1.29 is 23.9 Å². The number of methoxy groups -OCH3 is 1. The molecule has 1 aromatic heterocycles. The number of aromatic nitrogens is 1. The Labute approximate surface area is 212 Å². The Morgan fingerprint density at radius 1 is 1.08 bits per heavy atom. The number of hydrogen-bond donors (Lipinski definition) is 3. The number of pyridine rings is 1. The highest BCUT2D eigenvalue weighted by Crippen LogP contribution is 2.32. The van der Waals surface area contributed by atoms with Crippen molar-refractivity contribution in [2.24, 2.45) is 5.92 Å². The summed E-state index contributed by atoms with van der Waals surface area (Å²) in [5, 5.41) is 8.33. The molecule has 3 N–H and O–H groups in total. The number of hydrogen-bond acceptors (Lipinski definition) is 6. The Morgan fingerprint density at radius 2 is 1.81 bits per heavy atom. The van der Waals surface area contributed by atoms with E-state index < -0.39 is 29.7 Å². The molecule has 1 heterocycles. The van der Waals surface area contributed by atoms with Crippen molar-refractivity contribution in [3.8, 4) is 11.1 Å². The number of anilines is 2. The monoisotopic (exact) mass is 494 g/mol. The van der Waals surface area contributed by atoms with Gasteiger partial charge in [0, 0.05) is 17.4 Å². The van der Waals surface area contributed by atoms with Crippen LogP contribution >= 0.6 is 0 Å². The number of carbonyl (C=O) groups is 3. The van der Waals surface area contributed by atoms with Gasteiger partial charge in [-0.15, -0.1) is 13.2 Å². The van der Waals surface area contributed by atoms with Gasteiger partial charge < -0.3 is 20.1 Å².